The molecule has 26 heavy (non-hydrogen) atoms. The van der Waals surface area contributed by atoms with Crippen LogP contribution in [0, 0.1) is 0 Å². The minimum atomic E-state index is -3.77. The Morgan fingerprint density at radius 2 is 1.58 bits per heavy atom. The first-order chi connectivity index (χ1) is 12.4. The molecule has 3 aromatic rings. The van der Waals surface area contributed by atoms with Crippen LogP contribution < -0.4 is 10.5 Å². The summed E-state index contributed by atoms with van der Waals surface area (Å²) in [7, 11) is -3.77. The Kier molecular flexibility index (Phi) is 3.86. The van der Waals surface area contributed by atoms with Gasteiger partial charge in [-0.25, -0.2) is 13.6 Å². The van der Waals surface area contributed by atoms with Gasteiger partial charge in [0.15, 0.2) is 0 Å². The monoisotopic (exact) mass is 364 g/mol. The lowest BCUT2D eigenvalue weighted by Crippen LogP contribution is -2.14. The molecular formula is C20H16N2O3S. The van der Waals surface area contributed by atoms with Crippen molar-refractivity contribution in [1.82, 2.24) is 0 Å². The summed E-state index contributed by atoms with van der Waals surface area (Å²) < 4.78 is 22.6. The smallest absolute Gasteiger partial charge is 0.255 e. The molecule has 0 saturated carbocycles. The van der Waals surface area contributed by atoms with Gasteiger partial charge >= 0.3 is 0 Å². The number of nitrogens with one attached hydrogen (secondary N) is 1. The minimum Gasteiger partial charge on any atom is -0.322 e. The number of benzene rings is 3. The molecule has 1 aliphatic rings. The van der Waals surface area contributed by atoms with Gasteiger partial charge in [-0.3, -0.25) is 4.79 Å². The lowest BCUT2D eigenvalue weighted by molar-refractivity contribution is 0.102. The zero-order valence-corrected chi connectivity index (χ0v) is 14.6. The Balaban J connectivity index is 1.55. The fraction of sp³-hybridized carbons (Fsp3) is 0.0500. The van der Waals surface area contributed by atoms with E-state index in [1.54, 1.807) is 0 Å². The number of nitrogens with two attached hydrogens (primary N) is 1. The summed E-state index contributed by atoms with van der Waals surface area (Å²) in [4.78, 5) is 12.4. The van der Waals surface area contributed by atoms with Crippen molar-refractivity contribution in [3.05, 3.63) is 83.4 Å². The van der Waals surface area contributed by atoms with Crippen molar-refractivity contribution in [3.8, 4) is 11.1 Å². The third-order valence-corrected chi connectivity index (χ3v) is 5.43. The van der Waals surface area contributed by atoms with E-state index in [-0.39, 0.29) is 10.8 Å². The highest BCUT2D eigenvalue weighted by molar-refractivity contribution is 7.89. The van der Waals surface area contributed by atoms with Gasteiger partial charge in [0.2, 0.25) is 10.0 Å². The van der Waals surface area contributed by atoms with Crippen molar-refractivity contribution < 1.29 is 13.2 Å². The van der Waals surface area contributed by atoms with Gasteiger partial charge in [-0.15, -0.1) is 0 Å². The van der Waals surface area contributed by atoms with E-state index in [1.165, 1.54) is 46.5 Å². The highest BCUT2D eigenvalue weighted by Crippen LogP contribution is 2.37. The summed E-state index contributed by atoms with van der Waals surface area (Å²) in [5, 5.41) is 7.92. The largest absolute Gasteiger partial charge is 0.322 e. The summed E-state index contributed by atoms with van der Waals surface area (Å²) in [5.74, 6) is -0.304. The van der Waals surface area contributed by atoms with Gasteiger partial charge in [0.1, 0.15) is 0 Å². The Morgan fingerprint density at radius 3 is 2.31 bits per heavy atom. The van der Waals surface area contributed by atoms with E-state index in [4.69, 9.17) is 5.14 Å². The Morgan fingerprint density at radius 1 is 0.885 bits per heavy atom. The number of anilines is 1. The number of carbonyl (C=O) groups is 1. The van der Waals surface area contributed by atoms with Gasteiger partial charge in [0.25, 0.3) is 5.91 Å². The van der Waals surface area contributed by atoms with Crippen LogP contribution in [-0.4, -0.2) is 14.3 Å². The number of carbonyl (C=O) groups excluding carboxylic acids is 1. The highest BCUT2D eigenvalue weighted by atomic mass is 32.2. The number of fused-ring (bicyclic) bond motifs is 3. The Labute approximate surface area is 151 Å². The molecule has 0 heterocycles. The van der Waals surface area contributed by atoms with E-state index >= 15 is 0 Å². The number of sulfonamides is 1. The lowest BCUT2D eigenvalue weighted by atomic mass is 10.1. The van der Waals surface area contributed by atoms with Crippen molar-refractivity contribution in [3.63, 3.8) is 0 Å². The fourth-order valence-corrected chi connectivity index (χ4v) is 3.74. The van der Waals surface area contributed by atoms with Crippen LogP contribution >= 0.6 is 0 Å². The molecular weight excluding hydrogens is 348 g/mol. The summed E-state index contributed by atoms with van der Waals surface area (Å²) in [6.07, 6.45) is 0.846. The molecule has 0 aromatic heterocycles. The number of hydrogen-bond donors (Lipinski definition) is 2. The normalized spacial score (nSPS) is 12.3. The Hall–Kier alpha value is -2.96. The second-order valence-electron chi connectivity index (χ2n) is 6.23. The van der Waals surface area contributed by atoms with Gasteiger partial charge in [-0.05, 0) is 65.1 Å². The van der Waals surface area contributed by atoms with Gasteiger partial charge in [-0.1, -0.05) is 30.3 Å². The van der Waals surface area contributed by atoms with Crippen LogP contribution in [0.2, 0.25) is 0 Å². The summed E-state index contributed by atoms with van der Waals surface area (Å²) in [6.45, 7) is 0. The molecule has 5 nitrogen and oxygen atoms in total. The summed E-state index contributed by atoms with van der Waals surface area (Å²) in [6, 6.07) is 19.7. The summed E-state index contributed by atoms with van der Waals surface area (Å²) >= 11 is 0. The molecule has 3 aromatic carbocycles. The second kappa shape index (κ2) is 6.09. The second-order valence-corrected chi connectivity index (χ2v) is 7.79. The molecule has 1 amide bonds. The molecule has 0 radical (unpaired) electrons. The van der Waals surface area contributed by atoms with Crippen LogP contribution in [0.3, 0.4) is 0 Å². The quantitative estimate of drug-likeness (QED) is 0.585. The topological polar surface area (TPSA) is 89.3 Å². The van der Waals surface area contributed by atoms with E-state index in [0.717, 1.165) is 6.42 Å². The first-order valence-corrected chi connectivity index (χ1v) is 9.62. The maximum atomic E-state index is 12.4. The predicted molar refractivity (Wildman–Crippen MR) is 100 cm³/mol. The van der Waals surface area contributed by atoms with Crippen LogP contribution in [0.1, 0.15) is 21.5 Å². The molecule has 1 aliphatic carbocycles. The van der Waals surface area contributed by atoms with Crippen molar-refractivity contribution >= 4 is 21.6 Å². The third-order valence-electron chi connectivity index (χ3n) is 4.50. The van der Waals surface area contributed by atoms with E-state index in [9.17, 15) is 13.2 Å². The molecule has 0 saturated heterocycles. The molecule has 3 N–H and O–H groups in total. The van der Waals surface area contributed by atoms with Crippen molar-refractivity contribution in [1.29, 1.82) is 0 Å². The molecule has 130 valence electrons. The average Bonchev–Trinajstić information content (AvgIpc) is 2.98. The zero-order chi connectivity index (χ0) is 18.3. The van der Waals surface area contributed by atoms with Crippen LogP contribution in [-0.2, 0) is 16.4 Å². The van der Waals surface area contributed by atoms with Gasteiger partial charge in [0.05, 0.1) is 4.90 Å². The molecule has 4 rings (SSSR count). The van der Waals surface area contributed by atoms with Crippen molar-refractivity contribution in [2.45, 2.75) is 11.3 Å². The Bertz CT molecular complexity index is 1120. The number of rotatable bonds is 3. The van der Waals surface area contributed by atoms with Crippen LogP contribution in [0.5, 0.6) is 0 Å². The van der Waals surface area contributed by atoms with Crippen LogP contribution in [0.25, 0.3) is 11.1 Å². The molecule has 0 unspecified atom stereocenters. The third kappa shape index (κ3) is 3.00. The standard InChI is InChI=1S/C20H16N2O3S/c21-26(24,25)17-8-5-13(6-9-17)20(23)22-16-7-10-19-15(12-16)11-14-3-1-2-4-18(14)19/h1-10,12H,11H2,(H,22,23)(H2,21,24,25). The van der Waals surface area contributed by atoms with E-state index in [1.807, 2.05) is 30.3 Å². The first-order valence-electron chi connectivity index (χ1n) is 8.07. The number of amides is 1. The SMILES string of the molecule is NS(=O)(=O)c1ccc(C(=O)Nc2ccc3c(c2)Cc2ccccc2-3)cc1. The fourth-order valence-electron chi connectivity index (χ4n) is 3.22. The lowest BCUT2D eigenvalue weighted by Gasteiger charge is -2.08. The molecule has 0 spiro atoms. The van der Waals surface area contributed by atoms with Crippen molar-refractivity contribution in [2.75, 3.05) is 5.32 Å². The molecule has 0 aliphatic heterocycles. The predicted octanol–water partition coefficient (Wildman–Crippen LogP) is 3.16. The van der Waals surface area contributed by atoms with Crippen molar-refractivity contribution in [2.24, 2.45) is 5.14 Å². The van der Waals surface area contributed by atoms with Crippen LogP contribution in [0.15, 0.2) is 71.6 Å². The van der Waals surface area contributed by atoms with E-state index in [2.05, 4.69) is 17.4 Å². The molecule has 0 bridgehead atoms. The summed E-state index contributed by atoms with van der Waals surface area (Å²) in [5.41, 5.74) is 5.95. The average molecular weight is 364 g/mol. The highest BCUT2D eigenvalue weighted by Gasteiger charge is 2.18. The maximum Gasteiger partial charge on any atom is 0.255 e. The van der Waals surface area contributed by atoms with Gasteiger partial charge in [0, 0.05) is 11.3 Å². The number of primary sulfonamides is 1. The van der Waals surface area contributed by atoms with E-state index in [0.29, 0.717) is 11.3 Å². The van der Waals surface area contributed by atoms with Crippen LogP contribution in [0.4, 0.5) is 5.69 Å². The molecule has 0 fully saturated rings. The zero-order valence-electron chi connectivity index (χ0n) is 13.8. The van der Waals surface area contributed by atoms with Gasteiger partial charge < -0.3 is 5.32 Å². The number of hydrogen-bond acceptors (Lipinski definition) is 3. The minimum absolute atomic E-state index is 0.0238. The molecule has 0 atom stereocenters. The first kappa shape index (κ1) is 16.5. The maximum absolute atomic E-state index is 12.4. The van der Waals surface area contributed by atoms with E-state index < -0.39 is 10.0 Å². The molecule has 6 heteroatoms. The van der Waals surface area contributed by atoms with Gasteiger partial charge in [-0.2, -0.15) is 0 Å².